The molecule has 12 heavy (non-hydrogen) atoms. The third kappa shape index (κ3) is 1.43. The molecule has 1 aromatic rings. The molecular weight excluding hydrogens is 164 g/mol. The molecule has 0 saturated heterocycles. The molecule has 1 heterocycles. The Bertz CT molecular complexity index is 317. The van der Waals surface area contributed by atoms with E-state index in [1.54, 1.807) is 0 Å². The molecule has 4 N–H and O–H groups in total. The van der Waals surface area contributed by atoms with Gasteiger partial charge in [0.05, 0.1) is 0 Å². The first kappa shape index (κ1) is 8.28. The Kier molecular flexibility index (Phi) is 2.11. The molecule has 0 aliphatic carbocycles. The van der Waals surface area contributed by atoms with Crippen LogP contribution in [0.3, 0.4) is 0 Å². The third-order valence-corrected chi connectivity index (χ3v) is 1.17. The van der Waals surface area contributed by atoms with Crippen LogP contribution in [0.1, 0.15) is 21.1 Å². The molecule has 64 valence electrons. The number of amides is 1. The Morgan fingerprint density at radius 3 is 2.42 bits per heavy atom. The molecule has 0 aliphatic heterocycles. The Hall–Kier alpha value is -1.82. The number of carbonyl (C=O) groups is 2. The number of carboxylic acid groups (broad SMARTS) is 1. The maximum atomic E-state index is 10.7. The molecule has 1 amide bonds. The van der Waals surface area contributed by atoms with E-state index in [1.165, 1.54) is 12.1 Å². The van der Waals surface area contributed by atoms with Gasteiger partial charge in [0.2, 0.25) is 5.76 Å². The van der Waals surface area contributed by atoms with Crippen LogP contribution in [0.15, 0.2) is 16.5 Å². The predicted molar refractivity (Wildman–Crippen MR) is 37.3 cm³/mol. The number of nitrogens with two attached hydrogens (primary N) is 1. The summed E-state index contributed by atoms with van der Waals surface area (Å²) in [6.45, 7) is 0. The Morgan fingerprint density at radius 1 is 1.42 bits per heavy atom. The number of hydrazine groups is 1. The van der Waals surface area contributed by atoms with Crippen molar-refractivity contribution >= 4 is 11.9 Å². The van der Waals surface area contributed by atoms with Gasteiger partial charge in [0, 0.05) is 0 Å². The first-order chi connectivity index (χ1) is 5.65. The van der Waals surface area contributed by atoms with Gasteiger partial charge in [0.25, 0.3) is 0 Å². The van der Waals surface area contributed by atoms with E-state index in [0.717, 1.165) is 0 Å². The van der Waals surface area contributed by atoms with Crippen LogP contribution in [0.25, 0.3) is 0 Å². The highest BCUT2D eigenvalue weighted by Gasteiger charge is 2.13. The van der Waals surface area contributed by atoms with Crippen LogP contribution in [-0.2, 0) is 0 Å². The predicted octanol–water partition coefficient (Wildman–Crippen LogP) is -0.419. The average Bonchev–Trinajstić information content (AvgIpc) is 2.51. The summed E-state index contributed by atoms with van der Waals surface area (Å²) in [5, 5.41) is 8.40. The van der Waals surface area contributed by atoms with Gasteiger partial charge in [0.1, 0.15) is 0 Å². The second kappa shape index (κ2) is 3.05. The van der Waals surface area contributed by atoms with Crippen molar-refractivity contribution in [3.05, 3.63) is 23.7 Å². The van der Waals surface area contributed by atoms with Gasteiger partial charge >= 0.3 is 11.9 Å². The Morgan fingerprint density at radius 2 is 2.00 bits per heavy atom. The minimum atomic E-state index is -1.23. The third-order valence-electron chi connectivity index (χ3n) is 1.17. The number of nitrogen functional groups attached to an aromatic ring is 1. The van der Waals surface area contributed by atoms with Crippen LogP contribution < -0.4 is 11.3 Å². The molecule has 0 saturated carbocycles. The largest absolute Gasteiger partial charge is 0.475 e. The highest BCUT2D eigenvalue weighted by molar-refractivity contribution is 5.93. The van der Waals surface area contributed by atoms with Crippen molar-refractivity contribution in [1.82, 2.24) is 5.43 Å². The summed E-state index contributed by atoms with van der Waals surface area (Å²) in [5.41, 5.74) is 1.81. The molecule has 1 aromatic heterocycles. The van der Waals surface area contributed by atoms with E-state index in [4.69, 9.17) is 10.9 Å². The summed E-state index contributed by atoms with van der Waals surface area (Å²) in [7, 11) is 0. The van der Waals surface area contributed by atoms with Gasteiger partial charge in [-0.15, -0.1) is 0 Å². The van der Waals surface area contributed by atoms with Crippen LogP contribution in [0, 0.1) is 0 Å². The topological polar surface area (TPSA) is 106 Å². The van der Waals surface area contributed by atoms with E-state index in [9.17, 15) is 9.59 Å². The summed E-state index contributed by atoms with van der Waals surface area (Å²) in [5.74, 6) is 2.46. The quantitative estimate of drug-likeness (QED) is 0.317. The van der Waals surface area contributed by atoms with E-state index in [-0.39, 0.29) is 11.5 Å². The lowest BCUT2D eigenvalue weighted by molar-refractivity contribution is 0.0659. The molecule has 0 unspecified atom stereocenters. The summed E-state index contributed by atoms with van der Waals surface area (Å²) >= 11 is 0. The van der Waals surface area contributed by atoms with Crippen molar-refractivity contribution in [2.24, 2.45) is 5.84 Å². The first-order valence-corrected chi connectivity index (χ1v) is 2.99. The average molecular weight is 170 g/mol. The second-order valence-electron chi connectivity index (χ2n) is 1.94. The van der Waals surface area contributed by atoms with Crippen LogP contribution in [0.5, 0.6) is 0 Å². The van der Waals surface area contributed by atoms with Crippen molar-refractivity contribution in [2.45, 2.75) is 0 Å². The molecule has 0 fully saturated rings. The summed E-state index contributed by atoms with van der Waals surface area (Å²) in [6.07, 6.45) is 0. The molecule has 0 aliphatic rings. The number of nitrogens with one attached hydrogen (secondary N) is 1. The lowest BCUT2D eigenvalue weighted by atomic mass is 10.4. The fourth-order valence-electron chi connectivity index (χ4n) is 0.646. The van der Waals surface area contributed by atoms with Crippen molar-refractivity contribution in [1.29, 1.82) is 0 Å². The number of aromatic carboxylic acids is 1. The molecular formula is C6H6N2O4. The first-order valence-electron chi connectivity index (χ1n) is 2.99. The van der Waals surface area contributed by atoms with Gasteiger partial charge in [-0.05, 0) is 12.1 Å². The van der Waals surface area contributed by atoms with Crippen molar-refractivity contribution in [3.8, 4) is 0 Å². The molecule has 0 aromatic carbocycles. The molecule has 0 atom stereocenters. The summed E-state index contributed by atoms with van der Waals surface area (Å²) < 4.78 is 4.61. The monoisotopic (exact) mass is 170 g/mol. The highest BCUT2D eigenvalue weighted by Crippen LogP contribution is 2.06. The van der Waals surface area contributed by atoms with E-state index < -0.39 is 11.9 Å². The lowest BCUT2D eigenvalue weighted by Gasteiger charge is -1.91. The summed E-state index contributed by atoms with van der Waals surface area (Å²) in [4.78, 5) is 21.0. The number of hydrogen-bond donors (Lipinski definition) is 3. The Labute approximate surface area is 66.9 Å². The molecule has 0 radical (unpaired) electrons. The fraction of sp³-hybridized carbons (Fsp3) is 0. The van der Waals surface area contributed by atoms with Crippen LogP contribution in [-0.4, -0.2) is 17.0 Å². The fourth-order valence-corrected chi connectivity index (χ4v) is 0.646. The smallest absolute Gasteiger partial charge is 0.371 e. The van der Waals surface area contributed by atoms with E-state index in [2.05, 4.69) is 4.42 Å². The van der Waals surface area contributed by atoms with E-state index >= 15 is 0 Å². The zero-order chi connectivity index (χ0) is 9.14. The normalized spacial score (nSPS) is 9.42. The maximum absolute atomic E-state index is 10.7. The van der Waals surface area contributed by atoms with Gasteiger partial charge in [-0.1, -0.05) is 0 Å². The molecule has 0 bridgehead atoms. The SMILES string of the molecule is NNC(=O)c1ccc(C(=O)O)o1. The maximum Gasteiger partial charge on any atom is 0.371 e. The van der Waals surface area contributed by atoms with Crippen molar-refractivity contribution in [2.75, 3.05) is 0 Å². The Balaban J connectivity index is 2.91. The van der Waals surface area contributed by atoms with Crippen molar-refractivity contribution in [3.63, 3.8) is 0 Å². The van der Waals surface area contributed by atoms with E-state index in [1.807, 2.05) is 5.43 Å². The zero-order valence-corrected chi connectivity index (χ0v) is 5.90. The van der Waals surface area contributed by atoms with Gasteiger partial charge in [0.15, 0.2) is 5.76 Å². The number of hydrogen-bond acceptors (Lipinski definition) is 4. The summed E-state index contributed by atoms with van der Waals surface area (Å²) in [6, 6.07) is 2.40. The minimum Gasteiger partial charge on any atom is -0.475 e. The van der Waals surface area contributed by atoms with Crippen LogP contribution in [0.2, 0.25) is 0 Å². The number of carbonyl (C=O) groups excluding carboxylic acids is 1. The molecule has 6 nitrogen and oxygen atoms in total. The van der Waals surface area contributed by atoms with Crippen LogP contribution in [0.4, 0.5) is 0 Å². The van der Waals surface area contributed by atoms with Gasteiger partial charge in [-0.3, -0.25) is 10.2 Å². The van der Waals surface area contributed by atoms with Crippen molar-refractivity contribution < 1.29 is 19.1 Å². The van der Waals surface area contributed by atoms with Crippen LogP contribution >= 0.6 is 0 Å². The zero-order valence-electron chi connectivity index (χ0n) is 5.90. The molecule has 6 heteroatoms. The highest BCUT2D eigenvalue weighted by atomic mass is 16.4. The van der Waals surface area contributed by atoms with E-state index in [0.29, 0.717) is 0 Å². The lowest BCUT2D eigenvalue weighted by Crippen LogP contribution is -2.29. The van der Waals surface area contributed by atoms with Gasteiger partial charge in [-0.25, -0.2) is 10.6 Å². The number of furan rings is 1. The standard InChI is InChI=1S/C6H6N2O4/c7-8-5(9)3-1-2-4(12-3)6(10)11/h1-2H,7H2,(H,8,9)(H,10,11). The van der Waals surface area contributed by atoms with Gasteiger partial charge < -0.3 is 9.52 Å². The number of rotatable bonds is 2. The number of carboxylic acids is 1. The molecule has 0 spiro atoms. The second-order valence-corrected chi connectivity index (χ2v) is 1.94. The minimum absolute atomic E-state index is 0.130. The molecule has 1 rings (SSSR count). The van der Waals surface area contributed by atoms with Gasteiger partial charge in [-0.2, -0.15) is 0 Å².